The molecule has 1 rings (SSSR count). The van der Waals surface area contributed by atoms with Gasteiger partial charge in [0.05, 0.1) is 12.5 Å². The molecule has 1 aromatic rings. The zero-order valence-electron chi connectivity index (χ0n) is 12.1. The van der Waals surface area contributed by atoms with E-state index in [1.807, 2.05) is 0 Å². The second kappa shape index (κ2) is 6.88. The van der Waals surface area contributed by atoms with Crippen LogP contribution in [0.2, 0.25) is 0 Å². The van der Waals surface area contributed by atoms with Crippen molar-refractivity contribution in [2.75, 3.05) is 13.7 Å². The first-order valence-corrected chi connectivity index (χ1v) is 6.29. The van der Waals surface area contributed by atoms with Crippen molar-refractivity contribution in [3.05, 3.63) is 35.7 Å². The minimum absolute atomic E-state index is 0.00246. The highest BCUT2D eigenvalue weighted by atomic mass is 19.1. The second-order valence-electron chi connectivity index (χ2n) is 5.13. The van der Waals surface area contributed by atoms with Crippen LogP contribution in [0.1, 0.15) is 19.4 Å². The van der Waals surface area contributed by atoms with Gasteiger partial charge in [0.15, 0.2) is 11.6 Å². The fourth-order valence-corrected chi connectivity index (χ4v) is 1.40. The molecule has 114 valence electrons. The van der Waals surface area contributed by atoms with Crippen molar-refractivity contribution in [1.29, 1.82) is 0 Å². The quantitative estimate of drug-likeness (QED) is 0.788. The SMILES string of the molecule is COc1ccc(/C=C/C(=O)NCC(C)(C)C(=O)O)cc1F. The number of amides is 1. The molecule has 0 saturated carbocycles. The van der Waals surface area contributed by atoms with E-state index in [1.165, 1.54) is 45.2 Å². The van der Waals surface area contributed by atoms with Gasteiger partial charge in [0, 0.05) is 12.6 Å². The van der Waals surface area contributed by atoms with Gasteiger partial charge in [-0.3, -0.25) is 9.59 Å². The molecule has 1 amide bonds. The number of carboxylic acid groups (broad SMARTS) is 1. The van der Waals surface area contributed by atoms with Gasteiger partial charge in [0.1, 0.15) is 0 Å². The Morgan fingerprint density at radius 1 is 1.43 bits per heavy atom. The molecule has 0 saturated heterocycles. The molecule has 2 N–H and O–H groups in total. The van der Waals surface area contributed by atoms with E-state index in [0.29, 0.717) is 5.56 Å². The number of hydrogen-bond donors (Lipinski definition) is 2. The molecule has 0 spiro atoms. The zero-order valence-corrected chi connectivity index (χ0v) is 12.1. The van der Waals surface area contributed by atoms with Crippen molar-refractivity contribution >= 4 is 18.0 Å². The lowest BCUT2D eigenvalue weighted by atomic mass is 9.94. The zero-order chi connectivity index (χ0) is 16.0. The van der Waals surface area contributed by atoms with Crippen LogP contribution in [0.3, 0.4) is 0 Å². The first kappa shape index (κ1) is 16.7. The smallest absolute Gasteiger partial charge is 0.310 e. The maximum absolute atomic E-state index is 13.4. The van der Waals surface area contributed by atoms with Crippen LogP contribution in [-0.4, -0.2) is 30.6 Å². The Hall–Kier alpha value is -2.37. The molecule has 21 heavy (non-hydrogen) atoms. The standard InChI is InChI=1S/C15H18FNO4/c1-15(2,14(19)20)9-17-13(18)7-5-10-4-6-12(21-3)11(16)8-10/h4-8H,9H2,1-3H3,(H,17,18)(H,19,20)/b7-5+. The molecule has 0 aliphatic rings. The highest BCUT2D eigenvalue weighted by molar-refractivity contribution is 5.92. The van der Waals surface area contributed by atoms with Crippen molar-refractivity contribution < 1.29 is 23.8 Å². The van der Waals surface area contributed by atoms with Gasteiger partial charge in [0.2, 0.25) is 5.91 Å². The Morgan fingerprint density at radius 3 is 2.62 bits per heavy atom. The predicted octanol–water partition coefficient (Wildman–Crippen LogP) is 2.07. The summed E-state index contributed by atoms with van der Waals surface area (Å²) in [7, 11) is 1.37. The summed E-state index contributed by atoms with van der Waals surface area (Å²) in [4.78, 5) is 22.5. The van der Waals surface area contributed by atoms with Gasteiger partial charge < -0.3 is 15.2 Å². The van der Waals surface area contributed by atoms with Gasteiger partial charge in [-0.1, -0.05) is 6.07 Å². The van der Waals surface area contributed by atoms with E-state index in [2.05, 4.69) is 5.32 Å². The molecule has 0 heterocycles. The Kier molecular flexibility index (Phi) is 5.46. The number of aliphatic carboxylic acids is 1. The highest BCUT2D eigenvalue weighted by Gasteiger charge is 2.27. The minimum Gasteiger partial charge on any atom is -0.494 e. The first-order chi connectivity index (χ1) is 9.76. The van der Waals surface area contributed by atoms with Crippen LogP contribution in [0.25, 0.3) is 6.08 Å². The lowest BCUT2D eigenvalue weighted by Crippen LogP contribution is -2.38. The number of methoxy groups -OCH3 is 1. The number of rotatable bonds is 6. The number of benzene rings is 1. The van der Waals surface area contributed by atoms with E-state index in [-0.39, 0.29) is 12.3 Å². The van der Waals surface area contributed by atoms with E-state index in [1.54, 1.807) is 6.07 Å². The van der Waals surface area contributed by atoms with Crippen molar-refractivity contribution in [2.24, 2.45) is 5.41 Å². The molecule has 0 aromatic heterocycles. The van der Waals surface area contributed by atoms with Crippen LogP contribution < -0.4 is 10.1 Å². The molecule has 0 unspecified atom stereocenters. The summed E-state index contributed by atoms with van der Waals surface area (Å²) in [6.07, 6.45) is 2.66. The van der Waals surface area contributed by atoms with Crippen molar-refractivity contribution in [3.63, 3.8) is 0 Å². The summed E-state index contributed by atoms with van der Waals surface area (Å²) in [5.41, 5.74) is -0.545. The molecule has 5 nitrogen and oxygen atoms in total. The summed E-state index contributed by atoms with van der Waals surface area (Å²) < 4.78 is 18.2. The molecule has 6 heteroatoms. The molecule has 0 bridgehead atoms. The van der Waals surface area contributed by atoms with Crippen LogP contribution >= 0.6 is 0 Å². The fraction of sp³-hybridized carbons (Fsp3) is 0.333. The third-order valence-corrected chi connectivity index (χ3v) is 2.89. The summed E-state index contributed by atoms with van der Waals surface area (Å²) in [5, 5.41) is 11.4. The van der Waals surface area contributed by atoms with Crippen molar-refractivity contribution in [2.45, 2.75) is 13.8 Å². The molecule has 0 atom stereocenters. The maximum Gasteiger partial charge on any atom is 0.310 e. The summed E-state index contributed by atoms with van der Waals surface area (Å²) in [6, 6.07) is 4.30. The summed E-state index contributed by atoms with van der Waals surface area (Å²) >= 11 is 0. The van der Waals surface area contributed by atoms with Gasteiger partial charge in [-0.15, -0.1) is 0 Å². The Bertz CT molecular complexity index is 567. The normalized spacial score (nSPS) is 11.4. The number of ether oxygens (including phenoxy) is 1. The van der Waals surface area contributed by atoms with E-state index in [9.17, 15) is 14.0 Å². The lowest BCUT2D eigenvalue weighted by Gasteiger charge is -2.18. The Labute approximate surface area is 122 Å². The van der Waals surface area contributed by atoms with Crippen molar-refractivity contribution in [3.8, 4) is 5.75 Å². The van der Waals surface area contributed by atoms with Gasteiger partial charge in [-0.2, -0.15) is 0 Å². The minimum atomic E-state index is -1.05. The lowest BCUT2D eigenvalue weighted by molar-refractivity contribution is -0.146. The molecule has 1 aromatic carbocycles. The molecule has 0 radical (unpaired) electrons. The molecule has 0 aliphatic heterocycles. The van der Waals surface area contributed by atoms with Gasteiger partial charge in [-0.05, 0) is 37.6 Å². The topological polar surface area (TPSA) is 75.6 Å². The molecule has 0 aliphatic carbocycles. The number of carboxylic acids is 1. The number of nitrogens with one attached hydrogen (secondary N) is 1. The van der Waals surface area contributed by atoms with Crippen LogP contribution in [0.15, 0.2) is 24.3 Å². The Balaban J connectivity index is 2.62. The van der Waals surface area contributed by atoms with Crippen LogP contribution in [0, 0.1) is 11.2 Å². The molecule has 0 fully saturated rings. The number of carbonyl (C=O) groups excluding carboxylic acids is 1. The van der Waals surface area contributed by atoms with Gasteiger partial charge >= 0.3 is 5.97 Å². The van der Waals surface area contributed by atoms with E-state index in [4.69, 9.17) is 9.84 Å². The highest BCUT2D eigenvalue weighted by Crippen LogP contribution is 2.18. The number of hydrogen-bond acceptors (Lipinski definition) is 3. The van der Waals surface area contributed by atoms with Crippen LogP contribution in [0.5, 0.6) is 5.75 Å². The van der Waals surface area contributed by atoms with Crippen LogP contribution in [0.4, 0.5) is 4.39 Å². The van der Waals surface area contributed by atoms with Gasteiger partial charge in [-0.25, -0.2) is 4.39 Å². The number of halogens is 1. The molecular formula is C15H18FNO4. The summed E-state index contributed by atoms with van der Waals surface area (Å²) in [6.45, 7) is 3.03. The largest absolute Gasteiger partial charge is 0.494 e. The third kappa shape index (κ3) is 4.91. The maximum atomic E-state index is 13.4. The van der Waals surface area contributed by atoms with Crippen molar-refractivity contribution in [1.82, 2.24) is 5.32 Å². The van der Waals surface area contributed by atoms with E-state index in [0.717, 1.165) is 0 Å². The molecular weight excluding hydrogens is 277 g/mol. The van der Waals surface area contributed by atoms with E-state index < -0.39 is 23.1 Å². The monoisotopic (exact) mass is 295 g/mol. The van der Waals surface area contributed by atoms with Crippen LogP contribution in [-0.2, 0) is 9.59 Å². The fourth-order valence-electron chi connectivity index (χ4n) is 1.40. The third-order valence-electron chi connectivity index (χ3n) is 2.89. The number of carbonyl (C=O) groups is 2. The first-order valence-electron chi connectivity index (χ1n) is 6.29. The second-order valence-corrected chi connectivity index (χ2v) is 5.13. The predicted molar refractivity (Wildman–Crippen MR) is 76.4 cm³/mol. The average molecular weight is 295 g/mol. The van der Waals surface area contributed by atoms with E-state index >= 15 is 0 Å². The average Bonchev–Trinajstić information content (AvgIpc) is 2.43. The van der Waals surface area contributed by atoms with Gasteiger partial charge in [0.25, 0.3) is 0 Å². The Morgan fingerprint density at radius 2 is 2.10 bits per heavy atom. The summed E-state index contributed by atoms with van der Waals surface area (Å²) in [5.74, 6) is -1.84.